The van der Waals surface area contributed by atoms with Crippen LogP contribution < -0.4 is 5.32 Å². The van der Waals surface area contributed by atoms with Gasteiger partial charge in [-0.2, -0.15) is 5.10 Å². The van der Waals surface area contributed by atoms with Crippen molar-refractivity contribution in [3.63, 3.8) is 0 Å². The van der Waals surface area contributed by atoms with Crippen LogP contribution in [0.4, 0.5) is 0 Å². The summed E-state index contributed by atoms with van der Waals surface area (Å²) in [4.78, 5) is 28.2. The van der Waals surface area contributed by atoms with Crippen LogP contribution in [0.15, 0.2) is 6.07 Å². The molecular formula is C20H31N5O2. The van der Waals surface area contributed by atoms with Gasteiger partial charge in [-0.1, -0.05) is 19.3 Å². The first-order valence-electron chi connectivity index (χ1n) is 10.4. The smallest absolute Gasteiger partial charge is 0.225 e. The third kappa shape index (κ3) is 4.18. The maximum Gasteiger partial charge on any atom is 0.225 e. The van der Waals surface area contributed by atoms with Crippen molar-refractivity contribution in [1.29, 1.82) is 0 Å². The third-order valence-electron chi connectivity index (χ3n) is 6.34. The van der Waals surface area contributed by atoms with Gasteiger partial charge in [0.05, 0.1) is 23.9 Å². The monoisotopic (exact) mass is 373 g/mol. The Morgan fingerprint density at radius 1 is 1.22 bits per heavy atom. The predicted octanol–water partition coefficient (Wildman–Crippen LogP) is 1.52. The summed E-state index contributed by atoms with van der Waals surface area (Å²) in [5.41, 5.74) is 2.18. The molecule has 3 aliphatic rings. The van der Waals surface area contributed by atoms with E-state index >= 15 is 0 Å². The molecule has 0 aromatic carbocycles. The Kier molecular flexibility index (Phi) is 5.48. The Labute approximate surface area is 161 Å². The van der Waals surface area contributed by atoms with Crippen molar-refractivity contribution in [2.45, 2.75) is 70.6 Å². The number of aromatic nitrogens is 2. The molecule has 0 unspecified atom stereocenters. The highest BCUT2D eigenvalue weighted by Gasteiger charge is 2.32. The lowest BCUT2D eigenvalue weighted by atomic mass is 9.94. The van der Waals surface area contributed by atoms with E-state index in [1.807, 2.05) is 0 Å². The number of hydrogen-bond donors (Lipinski definition) is 1. The van der Waals surface area contributed by atoms with Gasteiger partial charge in [0.15, 0.2) is 0 Å². The van der Waals surface area contributed by atoms with Crippen LogP contribution in [0.2, 0.25) is 0 Å². The molecule has 1 aliphatic carbocycles. The van der Waals surface area contributed by atoms with E-state index in [1.165, 1.54) is 37.8 Å². The summed E-state index contributed by atoms with van der Waals surface area (Å²) in [7, 11) is 1.75. The van der Waals surface area contributed by atoms with E-state index in [0.717, 1.165) is 37.8 Å². The molecule has 2 fully saturated rings. The minimum absolute atomic E-state index is 0.0419. The molecule has 7 nitrogen and oxygen atoms in total. The largest absolute Gasteiger partial charge is 0.350 e. The Morgan fingerprint density at radius 2 is 2.04 bits per heavy atom. The molecule has 2 amide bonds. The van der Waals surface area contributed by atoms with E-state index in [-0.39, 0.29) is 17.7 Å². The third-order valence-corrected chi connectivity index (χ3v) is 6.34. The fourth-order valence-corrected chi connectivity index (χ4v) is 4.75. The van der Waals surface area contributed by atoms with E-state index in [2.05, 4.69) is 21.0 Å². The van der Waals surface area contributed by atoms with Gasteiger partial charge in [0.2, 0.25) is 11.8 Å². The Morgan fingerprint density at radius 3 is 2.78 bits per heavy atom. The molecule has 2 aliphatic heterocycles. The zero-order valence-corrected chi connectivity index (χ0v) is 16.3. The van der Waals surface area contributed by atoms with Crippen LogP contribution in [-0.4, -0.2) is 57.6 Å². The summed E-state index contributed by atoms with van der Waals surface area (Å²) in [5, 5.41) is 7.69. The van der Waals surface area contributed by atoms with Crippen molar-refractivity contribution in [2.24, 2.45) is 5.92 Å². The van der Waals surface area contributed by atoms with Crippen molar-refractivity contribution in [2.75, 3.05) is 20.1 Å². The van der Waals surface area contributed by atoms with E-state index in [0.29, 0.717) is 19.5 Å². The van der Waals surface area contributed by atoms with Crippen LogP contribution in [0.1, 0.15) is 56.3 Å². The molecule has 1 aromatic rings. The molecular weight excluding hydrogens is 342 g/mol. The number of fused-ring (bicyclic) bond motifs is 1. The van der Waals surface area contributed by atoms with E-state index < -0.39 is 0 Å². The second-order valence-corrected chi connectivity index (χ2v) is 8.36. The lowest BCUT2D eigenvalue weighted by molar-refractivity contribution is -0.128. The highest BCUT2D eigenvalue weighted by Crippen LogP contribution is 2.26. The van der Waals surface area contributed by atoms with Crippen LogP contribution in [-0.2, 0) is 29.2 Å². The first kappa shape index (κ1) is 18.5. The molecule has 3 heterocycles. The topological polar surface area (TPSA) is 70.5 Å². The first-order valence-corrected chi connectivity index (χ1v) is 10.4. The molecule has 1 saturated heterocycles. The highest BCUT2D eigenvalue weighted by atomic mass is 16.2. The number of aryl methyl sites for hydroxylation is 1. The van der Waals surface area contributed by atoms with Gasteiger partial charge in [0.1, 0.15) is 0 Å². The summed E-state index contributed by atoms with van der Waals surface area (Å²) < 4.78 is 2.12. The molecule has 0 radical (unpaired) electrons. The van der Waals surface area contributed by atoms with Crippen LogP contribution >= 0.6 is 0 Å². The van der Waals surface area contributed by atoms with Gasteiger partial charge in [-0.3, -0.25) is 19.2 Å². The average molecular weight is 374 g/mol. The fraction of sp³-hybridized carbons (Fsp3) is 0.750. The molecule has 0 spiro atoms. The molecule has 4 rings (SSSR count). The van der Waals surface area contributed by atoms with Crippen molar-refractivity contribution in [1.82, 2.24) is 24.9 Å². The van der Waals surface area contributed by atoms with Gasteiger partial charge in [0.25, 0.3) is 0 Å². The lowest BCUT2D eigenvalue weighted by Gasteiger charge is -2.33. The number of nitrogens with zero attached hydrogens (tertiary/aromatic N) is 4. The van der Waals surface area contributed by atoms with Gasteiger partial charge in [-0.25, -0.2) is 0 Å². The van der Waals surface area contributed by atoms with Crippen LogP contribution in [0.25, 0.3) is 0 Å². The summed E-state index contributed by atoms with van der Waals surface area (Å²) in [6, 6.07) is 2.87. The average Bonchev–Trinajstić information content (AvgIpc) is 3.16. The highest BCUT2D eigenvalue weighted by molar-refractivity contribution is 5.89. The van der Waals surface area contributed by atoms with Crippen molar-refractivity contribution in [3.8, 4) is 0 Å². The van der Waals surface area contributed by atoms with Crippen molar-refractivity contribution in [3.05, 3.63) is 17.5 Å². The number of likely N-dealkylation sites (tertiary alicyclic amines) is 1. The number of carbonyl (C=O) groups excluding carboxylic acids is 2. The van der Waals surface area contributed by atoms with Crippen LogP contribution in [0, 0.1) is 5.92 Å². The molecule has 1 N–H and O–H groups in total. The molecule has 148 valence electrons. The van der Waals surface area contributed by atoms with Crippen LogP contribution in [0.3, 0.4) is 0 Å². The van der Waals surface area contributed by atoms with Gasteiger partial charge in [-0.05, 0) is 25.3 Å². The molecule has 1 atom stereocenters. The zero-order valence-electron chi connectivity index (χ0n) is 16.3. The quantitative estimate of drug-likeness (QED) is 0.869. The standard InChI is InChI=1S/C20H31N5O2/c1-23-13-15(10-19(23)26)20(27)21-12-16-11-18-14-24(8-5-9-25(18)22-16)17-6-3-2-4-7-17/h11,15,17H,2-10,12-14H2,1H3,(H,21,27)/t15-/m1/s1. The zero-order chi connectivity index (χ0) is 18.8. The second kappa shape index (κ2) is 8.00. The summed E-state index contributed by atoms with van der Waals surface area (Å²) in [6.45, 7) is 4.03. The Hall–Kier alpha value is -1.89. The lowest BCUT2D eigenvalue weighted by Crippen LogP contribution is -2.36. The van der Waals surface area contributed by atoms with E-state index in [4.69, 9.17) is 5.10 Å². The van der Waals surface area contributed by atoms with Gasteiger partial charge in [-0.15, -0.1) is 0 Å². The van der Waals surface area contributed by atoms with Crippen molar-refractivity contribution < 1.29 is 9.59 Å². The number of nitrogens with one attached hydrogen (secondary N) is 1. The molecule has 7 heteroatoms. The van der Waals surface area contributed by atoms with Gasteiger partial charge < -0.3 is 10.2 Å². The predicted molar refractivity (Wildman–Crippen MR) is 102 cm³/mol. The summed E-state index contributed by atoms with van der Waals surface area (Å²) in [6.07, 6.45) is 8.20. The van der Waals surface area contributed by atoms with Gasteiger partial charge in [0, 0.05) is 45.7 Å². The second-order valence-electron chi connectivity index (χ2n) is 8.36. The Balaban J connectivity index is 1.34. The summed E-state index contributed by atoms with van der Waals surface area (Å²) >= 11 is 0. The van der Waals surface area contributed by atoms with E-state index in [9.17, 15) is 9.59 Å². The minimum atomic E-state index is -0.232. The Bertz CT molecular complexity index is 695. The van der Waals surface area contributed by atoms with Gasteiger partial charge >= 0.3 is 0 Å². The number of rotatable bonds is 4. The minimum Gasteiger partial charge on any atom is -0.350 e. The number of amides is 2. The molecule has 0 bridgehead atoms. The fourth-order valence-electron chi connectivity index (χ4n) is 4.75. The molecule has 1 aromatic heterocycles. The maximum absolute atomic E-state index is 12.3. The van der Waals surface area contributed by atoms with E-state index in [1.54, 1.807) is 11.9 Å². The number of carbonyl (C=O) groups is 2. The van der Waals surface area contributed by atoms with Crippen LogP contribution in [0.5, 0.6) is 0 Å². The molecule has 1 saturated carbocycles. The SMILES string of the molecule is CN1C[C@H](C(=O)NCc2cc3n(n2)CCCN(C2CCCCC2)C3)CC1=O. The normalized spacial score (nSPS) is 24.7. The molecule has 27 heavy (non-hydrogen) atoms. The first-order chi connectivity index (χ1) is 13.1. The summed E-state index contributed by atoms with van der Waals surface area (Å²) in [5.74, 6) is -0.226. The number of hydrogen-bond acceptors (Lipinski definition) is 4. The maximum atomic E-state index is 12.3. The van der Waals surface area contributed by atoms with Crippen molar-refractivity contribution >= 4 is 11.8 Å².